The van der Waals surface area contributed by atoms with E-state index in [4.69, 9.17) is 0 Å². The Hall–Kier alpha value is -0.760. The summed E-state index contributed by atoms with van der Waals surface area (Å²) in [5, 5.41) is 0.852. The first-order valence-electron chi connectivity index (χ1n) is 5.48. The third-order valence-corrected chi connectivity index (χ3v) is 4.21. The highest BCUT2D eigenvalue weighted by Crippen LogP contribution is 2.20. The normalized spacial score (nSPS) is 23.8. The van der Waals surface area contributed by atoms with Gasteiger partial charge in [-0.3, -0.25) is 14.6 Å². The summed E-state index contributed by atoms with van der Waals surface area (Å²) in [4.78, 5) is 30.8. The van der Waals surface area contributed by atoms with Crippen LogP contribution in [0.5, 0.6) is 0 Å². The Kier molecular flexibility index (Phi) is 3.86. The second-order valence-corrected chi connectivity index (χ2v) is 5.62. The number of hydrogen-bond donors (Lipinski definition) is 0. The standard InChI is InChI=1S/C10H13Br2N4O2/c1-14-7-6(8(17)15(2)10(14)18)16(5-3-4-11)9(12)13-7/h6H,3-5H2,1-2H3/q+1. The second kappa shape index (κ2) is 5.08. The van der Waals surface area contributed by atoms with Crippen molar-refractivity contribution in [2.45, 2.75) is 12.5 Å². The van der Waals surface area contributed by atoms with Crippen LogP contribution in [-0.2, 0) is 4.79 Å². The summed E-state index contributed by atoms with van der Waals surface area (Å²) in [6.45, 7) is 0.700. The molecule has 1 unspecified atom stereocenters. The van der Waals surface area contributed by atoms with Crippen molar-refractivity contribution in [2.24, 2.45) is 4.99 Å². The summed E-state index contributed by atoms with van der Waals surface area (Å²) in [5.41, 5.74) is 0. The number of rotatable bonds is 3. The van der Waals surface area contributed by atoms with E-state index in [1.165, 1.54) is 11.9 Å². The fourth-order valence-corrected chi connectivity index (χ4v) is 2.83. The number of nitrogens with zero attached hydrogens (tertiary/aromatic N) is 4. The molecular weight excluding hydrogens is 368 g/mol. The molecule has 0 saturated carbocycles. The number of aliphatic imine (C=N–C) groups is 1. The van der Waals surface area contributed by atoms with Crippen LogP contribution in [0.2, 0.25) is 0 Å². The Morgan fingerprint density at radius 2 is 2.00 bits per heavy atom. The molecule has 1 atom stereocenters. The molecular formula is C10H13Br2N4O2+. The molecule has 2 rings (SSSR count). The fourth-order valence-electron chi connectivity index (χ4n) is 2.02. The first-order valence-corrected chi connectivity index (χ1v) is 7.39. The van der Waals surface area contributed by atoms with Crippen molar-refractivity contribution in [2.75, 3.05) is 26.0 Å². The van der Waals surface area contributed by atoms with Gasteiger partial charge in [0.1, 0.15) is 0 Å². The van der Waals surface area contributed by atoms with Gasteiger partial charge in [-0.1, -0.05) is 15.9 Å². The Morgan fingerprint density at radius 1 is 1.33 bits per heavy atom. The number of carbonyl (C=O) groups excluding carboxylic acids is 2. The fraction of sp³-hybridized carbons (Fsp3) is 0.600. The number of amides is 3. The zero-order valence-corrected chi connectivity index (χ0v) is 13.2. The van der Waals surface area contributed by atoms with Gasteiger partial charge in [0.15, 0.2) is 0 Å². The molecule has 98 valence electrons. The number of likely N-dealkylation sites (N-methyl/N-ethyl adjacent to an activating group) is 2. The van der Waals surface area contributed by atoms with Crippen molar-refractivity contribution < 1.29 is 14.2 Å². The lowest BCUT2D eigenvalue weighted by Gasteiger charge is -2.30. The van der Waals surface area contributed by atoms with Crippen LogP contribution in [0.3, 0.4) is 0 Å². The maximum atomic E-state index is 12.2. The van der Waals surface area contributed by atoms with E-state index in [1.54, 1.807) is 7.05 Å². The molecule has 0 bridgehead atoms. The predicted molar refractivity (Wildman–Crippen MR) is 74.6 cm³/mol. The first kappa shape index (κ1) is 13.7. The minimum Gasteiger partial charge on any atom is -0.269 e. The summed E-state index contributed by atoms with van der Waals surface area (Å²) in [6.07, 6.45) is 0.892. The topological polar surface area (TPSA) is 56.0 Å². The van der Waals surface area contributed by atoms with Crippen molar-refractivity contribution in [1.82, 2.24) is 9.80 Å². The van der Waals surface area contributed by atoms with Gasteiger partial charge in [-0.15, -0.1) is 0 Å². The average molecular weight is 381 g/mol. The Balaban J connectivity index is 2.33. The highest BCUT2D eigenvalue weighted by molar-refractivity contribution is 9.18. The molecule has 0 aromatic carbocycles. The quantitative estimate of drug-likeness (QED) is 0.414. The SMILES string of the molecule is CN1C(=O)C2C(=NC(Br)=[N+]2CCCBr)N(C)C1=O. The second-order valence-electron chi connectivity index (χ2n) is 4.12. The molecule has 0 N–H and O–H groups in total. The van der Waals surface area contributed by atoms with Crippen LogP contribution in [0, 0.1) is 0 Å². The maximum Gasteiger partial charge on any atom is 0.364 e. The van der Waals surface area contributed by atoms with Crippen LogP contribution in [0.25, 0.3) is 0 Å². The molecule has 0 aromatic rings. The van der Waals surface area contributed by atoms with Gasteiger partial charge in [-0.05, 0) is 11.4 Å². The lowest BCUT2D eigenvalue weighted by Crippen LogP contribution is -2.61. The molecule has 1 fully saturated rings. The summed E-state index contributed by atoms with van der Waals surface area (Å²) in [5.74, 6) is 0.255. The van der Waals surface area contributed by atoms with Gasteiger partial charge in [-0.2, -0.15) is 0 Å². The van der Waals surface area contributed by atoms with Crippen molar-refractivity contribution in [3.63, 3.8) is 0 Å². The molecule has 18 heavy (non-hydrogen) atoms. The van der Waals surface area contributed by atoms with Crippen molar-refractivity contribution >= 4 is 54.4 Å². The minimum atomic E-state index is -0.494. The average Bonchev–Trinajstić information content (AvgIpc) is 2.68. The van der Waals surface area contributed by atoms with E-state index in [1.807, 2.05) is 4.58 Å². The van der Waals surface area contributed by atoms with E-state index in [2.05, 4.69) is 36.9 Å². The molecule has 6 nitrogen and oxygen atoms in total. The third kappa shape index (κ3) is 2.01. The van der Waals surface area contributed by atoms with Crippen LogP contribution in [0.4, 0.5) is 4.79 Å². The van der Waals surface area contributed by atoms with Crippen molar-refractivity contribution in [3.8, 4) is 0 Å². The summed E-state index contributed by atoms with van der Waals surface area (Å²) in [6, 6.07) is -0.844. The number of carbonyl (C=O) groups is 2. The highest BCUT2D eigenvalue weighted by atomic mass is 79.9. The lowest BCUT2D eigenvalue weighted by atomic mass is 10.1. The molecule has 0 aliphatic carbocycles. The number of halogens is 2. The Bertz CT molecular complexity index is 474. The summed E-state index contributed by atoms with van der Waals surface area (Å²) >= 11 is 6.72. The Morgan fingerprint density at radius 3 is 2.61 bits per heavy atom. The Labute approximate surface area is 122 Å². The molecule has 2 heterocycles. The predicted octanol–water partition coefficient (Wildman–Crippen LogP) is 0.839. The van der Waals surface area contributed by atoms with Gasteiger partial charge >= 0.3 is 10.8 Å². The largest absolute Gasteiger partial charge is 0.364 e. The van der Waals surface area contributed by atoms with Gasteiger partial charge in [0.25, 0.3) is 17.8 Å². The molecule has 2 aliphatic heterocycles. The summed E-state index contributed by atoms with van der Waals surface area (Å²) in [7, 11) is 3.12. The van der Waals surface area contributed by atoms with E-state index < -0.39 is 6.04 Å². The molecule has 2 aliphatic rings. The zero-order chi connectivity index (χ0) is 13.4. The molecule has 0 radical (unpaired) electrons. The van der Waals surface area contributed by atoms with E-state index in [0.29, 0.717) is 17.1 Å². The first-order chi connectivity index (χ1) is 8.49. The lowest BCUT2D eigenvalue weighted by molar-refractivity contribution is -0.532. The number of urea groups is 1. The van der Waals surface area contributed by atoms with Crippen LogP contribution >= 0.6 is 31.9 Å². The highest BCUT2D eigenvalue weighted by Gasteiger charge is 2.52. The summed E-state index contributed by atoms with van der Waals surface area (Å²) < 4.78 is 2.48. The van der Waals surface area contributed by atoms with Crippen molar-refractivity contribution in [1.29, 1.82) is 0 Å². The van der Waals surface area contributed by atoms with Crippen LogP contribution < -0.4 is 0 Å². The van der Waals surface area contributed by atoms with Crippen molar-refractivity contribution in [3.05, 3.63) is 0 Å². The number of fused-ring (bicyclic) bond motifs is 1. The monoisotopic (exact) mass is 379 g/mol. The number of hydrogen-bond acceptors (Lipinski definition) is 3. The molecule has 0 spiro atoms. The van der Waals surface area contributed by atoms with Gasteiger partial charge in [0.05, 0.1) is 22.5 Å². The van der Waals surface area contributed by atoms with Gasteiger partial charge in [-0.25, -0.2) is 9.37 Å². The van der Waals surface area contributed by atoms with Gasteiger partial charge in [0, 0.05) is 19.4 Å². The number of alkyl halides is 1. The van der Waals surface area contributed by atoms with Gasteiger partial charge < -0.3 is 0 Å². The number of imide groups is 1. The van der Waals surface area contributed by atoms with E-state index in [9.17, 15) is 9.59 Å². The van der Waals surface area contributed by atoms with E-state index in [-0.39, 0.29) is 11.9 Å². The molecule has 8 heteroatoms. The zero-order valence-electron chi connectivity index (χ0n) is 10.1. The molecule has 1 saturated heterocycles. The van der Waals surface area contributed by atoms with Crippen LogP contribution in [0.15, 0.2) is 4.99 Å². The maximum absolute atomic E-state index is 12.2. The van der Waals surface area contributed by atoms with Crippen LogP contribution in [-0.4, -0.2) is 68.9 Å². The van der Waals surface area contributed by atoms with Crippen LogP contribution in [0.1, 0.15) is 6.42 Å². The van der Waals surface area contributed by atoms with E-state index in [0.717, 1.165) is 16.7 Å². The minimum absolute atomic E-state index is 0.235. The van der Waals surface area contributed by atoms with Gasteiger partial charge in [0.2, 0.25) is 0 Å². The molecule has 3 amide bonds. The number of amidine groups is 2. The third-order valence-electron chi connectivity index (χ3n) is 3.01. The van der Waals surface area contributed by atoms with E-state index >= 15 is 0 Å². The smallest absolute Gasteiger partial charge is 0.269 e. The molecule has 0 aromatic heterocycles.